The van der Waals surface area contributed by atoms with Crippen LogP contribution in [0, 0.1) is 13.8 Å². The van der Waals surface area contributed by atoms with Crippen LogP contribution in [0.2, 0.25) is 5.02 Å². The van der Waals surface area contributed by atoms with Crippen LogP contribution in [0.4, 0.5) is 0 Å². The van der Waals surface area contributed by atoms with Crippen molar-refractivity contribution in [1.82, 2.24) is 4.98 Å². The van der Waals surface area contributed by atoms with Crippen molar-refractivity contribution in [2.45, 2.75) is 19.9 Å². The van der Waals surface area contributed by atoms with Gasteiger partial charge in [-0.15, -0.1) is 0 Å². The van der Waals surface area contributed by atoms with E-state index < -0.39 is 0 Å². The van der Waals surface area contributed by atoms with Gasteiger partial charge in [-0.2, -0.15) is 0 Å². The molecule has 1 aromatic carbocycles. The Morgan fingerprint density at radius 2 is 1.94 bits per heavy atom. The summed E-state index contributed by atoms with van der Waals surface area (Å²) in [6.45, 7) is 4.14. The number of benzene rings is 1. The minimum atomic E-state index is -0.203. The first-order valence-corrected chi connectivity index (χ1v) is 5.89. The third kappa shape index (κ3) is 2.48. The lowest BCUT2D eigenvalue weighted by Crippen LogP contribution is -2.14. The highest BCUT2D eigenvalue weighted by Gasteiger charge is 2.14. The molecule has 0 radical (unpaired) electrons. The summed E-state index contributed by atoms with van der Waals surface area (Å²) >= 11 is 6.11. The number of hydrogen-bond donors (Lipinski definition) is 1. The zero-order valence-corrected chi connectivity index (χ0v) is 10.7. The quantitative estimate of drug-likeness (QED) is 0.882. The van der Waals surface area contributed by atoms with Gasteiger partial charge >= 0.3 is 0 Å². The summed E-state index contributed by atoms with van der Waals surface area (Å²) in [7, 11) is 0. The first-order valence-electron chi connectivity index (χ1n) is 5.51. The number of halogens is 1. The molecule has 0 saturated carbocycles. The van der Waals surface area contributed by atoms with Crippen LogP contribution in [0.3, 0.4) is 0 Å². The average molecular weight is 247 g/mol. The normalized spacial score (nSPS) is 12.5. The highest BCUT2D eigenvalue weighted by Crippen LogP contribution is 2.27. The van der Waals surface area contributed by atoms with E-state index in [2.05, 4.69) is 37.0 Å². The van der Waals surface area contributed by atoms with Crippen molar-refractivity contribution in [1.29, 1.82) is 0 Å². The fraction of sp³-hybridized carbons (Fsp3) is 0.214. The second-order valence-electron chi connectivity index (χ2n) is 4.23. The monoisotopic (exact) mass is 246 g/mol. The van der Waals surface area contributed by atoms with E-state index in [-0.39, 0.29) is 6.04 Å². The molecule has 1 heterocycles. The van der Waals surface area contributed by atoms with E-state index in [0.29, 0.717) is 5.02 Å². The van der Waals surface area contributed by atoms with Gasteiger partial charge in [0.1, 0.15) is 0 Å². The highest BCUT2D eigenvalue weighted by atomic mass is 35.5. The molecule has 1 unspecified atom stereocenters. The second kappa shape index (κ2) is 4.86. The van der Waals surface area contributed by atoms with E-state index in [4.69, 9.17) is 17.3 Å². The lowest BCUT2D eigenvalue weighted by Gasteiger charge is -2.16. The van der Waals surface area contributed by atoms with Gasteiger partial charge in [0, 0.05) is 12.4 Å². The van der Waals surface area contributed by atoms with E-state index in [9.17, 15) is 0 Å². The Morgan fingerprint density at radius 1 is 1.18 bits per heavy atom. The molecule has 88 valence electrons. The van der Waals surface area contributed by atoms with Crippen LogP contribution < -0.4 is 5.73 Å². The fourth-order valence-corrected chi connectivity index (χ4v) is 2.22. The molecule has 0 aliphatic rings. The number of pyridine rings is 1. The van der Waals surface area contributed by atoms with Crippen molar-refractivity contribution in [3.8, 4) is 0 Å². The Morgan fingerprint density at radius 3 is 2.59 bits per heavy atom. The Kier molecular flexibility index (Phi) is 3.46. The molecule has 2 rings (SSSR count). The highest BCUT2D eigenvalue weighted by molar-refractivity contribution is 6.31. The predicted molar refractivity (Wildman–Crippen MR) is 71.2 cm³/mol. The maximum absolute atomic E-state index is 6.26. The fourth-order valence-electron chi connectivity index (χ4n) is 1.98. The minimum absolute atomic E-state index is 0.203. The molecule has 2 nitrogen and oxygen atoms in total. The summed E-state index contributed by atoms with van der Waals surface area (Å²) < 4.78 is 0. The summed E-state index contributed by atoms with van der Waals surface area (Å²) in [4.78, 5) is 3.97. The molecule has 0 aliphatic carbocycles. The van der Waals surface area contributed by atoms with Crippen LogP contribution in [0.25, 0.3) is 0 Å². The zero-order chi connectivity index (χ0) is 12.4. The molecular weight excluding hydrogens is 232 g/mol. The molecule has 2 N–H and O–H groups in total. The van der Waals surface area contributed by atoms with Crippen LogP contribution in [0.15, 0.2) is 36.7 Å². The zero-order valence-electron chi connectivity index (χ0n) is 9.94. The molecular formula is C14H15ClN2. The molecule has 0 saturated heterocycles. The van der Waals surface area contributed by atoms with Crippen molar-refractivity contribution in [3.05, 3.63) is 63.9 Å². The van der Waals surface area contributed by atoms with Crippen molar-refractivity contribution in [2.75, 3.05) is 0 Å². The molecule has 0 fully saturated rings. The molecule has 2 aromatic rings. The molecule has 3 heteroatoms. The number of nitrogens with zero attached hydrogens (tertiary/aromatic N) is 1. The molecule has 1 aromatic heterocycles. The second-order valence-corrected chi connectivity index (χ2v) is 4.64. The van der Waals surface area contributed by atoms with E-state index in [1.807, 2.05) is 6.07 Å². The van der Waals surface area contributed by atoms with Crippen LogP contribution in [-0.4, -0.2) is 4.98 Å². The number of aromatic nitrogens is 1. The minimum Gasteiger partial charge on any atom is -0.320 e. The maximum Gasteiger partial charge on any atom is 0.0640 e. The summed E-state index contributed by atoms with van der Waals surface area (Å²) in [6, 6.07) is 7.92. The number of hydrogen-bond acceptors (Lipinski definition) is 2. The average Bonchev–Trinajstić information content (AvgIpc) is 2.29. The Balaban J connectivity index is 2.44. The Labute approximate surface area is 106 Å². The number of nitrogens with two attached hydrogens (primary N) is 1. The molecule has 1 atom stereocenters. The van der Waals surface area contributed by atoms with Gasteiger partial charge in [0.05, 0.1) is 11.1 Å². The molecule has 0 amide bonds. The first-order chi connectivity index (χ1) is 8.09. The van der Waals surface area contributed by atoms with Gasteiger partial charge in [0.15, 0.2) is 0 Å². The van der Waals surface area contributed by atoms with E-state index in [0.717, 1.165) is 11.1 Å². The predicted octanol–water partition coefficient (Wildman–Crippen LogP) is 3.40. The third-order valence-electron chi connectivity index (χ3n) is 2.90. The summed E-state index contributed by atoms with van der Waals surface area (Å²) in [6.07, 6.45) is 3.34. The van der Waals surface area contributed by atoms with Gasteiger partial charge in [-0.25, -0.2) is 0 Å². The van der Waals surface area contributed by atoms with E-state index in [1.165, 1.54) is 11.1 Å². The topological polar surface area (TPSA) is 38.9 Å². The summed E-state index contributed by atoms with van der Waals surface area (Å²) in [5.41, 5.74) is 10.7. The molecule has 0 bridgehead atoms. The van der Waals surface area contributed by atoms with Crippen molar-refractivity contribution < 1.29 is 0 Å². The van der Waals surface area contributed by atoms with Gasteiger partial charge in [-0.1, -0.05) is 35.4 Å². The maximum atomic E-state index is 6.26. The largest absolute Gasteiger partial charge is 0.320 e. The summed E-state index contributed by atoms with van der Waals surface area (Å²) in [5, 5.41) is 0.611. The van der Waals surface area contributed by atoms with Crippen LogP contribution in [-0.2, 0) is 0 Å². The van der Waals surface area contributed by atoms with E-state index in [1.54, 1.807) is 12.4 Å². The third-order valence-corrected chi connectivity index (χ3v) is 3.22. The van der Waals surface area contributed by atoms with Gasteiger partial charge in [-0.3, -0.25) is 4.98 Å². The van der Waals surface area contributed by atoms with Gasteiger partial charge in [-0.05, 0) is 36.6 Å². The molecule has 0 spiro atoms. The molecule has 0 aliphatic heterocycles. The van der Waals surface area contributed by atoms with Crippen molar-refractivity contribution in [3.63, 3.8) is 0 Å². The lowest BCUT2D eigenvalue weighted by atomic mass is 9.95. The van der Waals surface area contributed by atoms with Crippen LogP contribution >= 0.6 is 11.6 Å². The van der Waals surface area contributed by atoms with Crippen molar-refractivity contribution in [2.24, 2.45) is 5.73 Å². The van der Waals surface area contributed by atoms with Gasteiger partial charge < -0.3 is 5.73 Å². The Hall–Kier alpha value is -1.38. The summed E-state index contributed by atoms with van der Waals surface area (Å²) in [5.74, 6) is 0. The number of aryl methyl sites for hydroxylation is 2. The number of rotatable bonds is 2. The first kappa shape index (κ1) is 12.1. The standard InChI is InChI=1S/C14H15ClN2/c1-9-3-4-11(10(2)7-9)14(16)12-5-6-17-8-13(12)15/h3-8,14H,16H2,1-2H3. The van der Waals surface area contributed by atoms with Gasteiger partial charge in [0.2, 0.25) is 0 Å². The molecule has 17 heavy (non-hydrogen) atoms. The smallest absolute Gasteiger partial charge is 0.0640 e. The van der Waals surface area contributed by atoms with Crippen molar-refractivity contribution >= 4 is 11.6 Å². The lowest BCUT2D eigenvalue weighted by molar-refractivity contribution is 0.857. The van der Waals surface area contributed by atoms with Gasteiger partial charge in [0.25, 0.3) is 0 Å². The van der Waals surface area contributed by atoms with E-state index >= 15 is 0 Å². The Bertz CT molecular complexity index is 537. The van der Waals surface area contributed by atoms with Crippen LogP contribution in [0.5, 0.6) is 0 Å². The van der Waals surface area contributed by atoms with Crippen LogP contribution in [0.1, 0.15) is 28.3 Å². The SMILES string of the molecule is Cc1ccc(C(N)c2ccncc2Cl)c(C)c1.